The van der Waals surface area contributed by atoms with Crippen molar-refractivity contribution in [2.75, 3.05) is 6.61 Å². The molecule has 2 aromatic carbocycles. The molecule has 0 aliphatic heterocycles. The van der Waals surface area contributed by atoms with Crippen molar-refractivity contribution in [2.45, 2.75) is 37.8 Å². The smallest absolute Gasteiger partial charge is 0.356 e. The number of aryl methyl sites for hydroxylation is 1. The maximum Gasteiger partial charge on any atom is 0.356 e. The summed E-state index contributed by atoms with van der Waals surface area (Å²) in [4.78, 5) is 25.9. The number of nitrogens with one attached hydrogen (secondary N) is 1. The number of rotatable bonds is 9. The van der Waals surface area contributed by atoms with Gasteiger partial charge in [-0.2, -0.15) is 8.42 Å². The first-order valence-electron chi connectivity index (χ1n) is 11.1. The van der Waals surface area contributed by atoms with Gasteiger partial charge in [-0.05, 0) is 66.8 Å². The highest BCUT2D eigenvalue weighted by atomic mass is 32.2. The van der Waals surface area contributed by atoms with Crippen molar-refractivity contribution in [1.29, 1.82) is 5.41 Å². The summed E-state index contributed by atoms with van der Waals surface area (Å²) in [5.41, 5.74) is 6.67. The summed E-state index contributed by atoms with van der Waals surface area (Å²) in [6, 6.07) is 15.0. The minimum Gasteiger partial charge on any atom is -0.491 e. The van der Waals surface area contributed by atoms with Gasteiger partial charge < -0.3 is 19.5 Å². The van der Waals surface area contributed by atoms with E-state index in [-0.39, 0.29) is 23.3 Å². The number of carbonyl (C=O) groups excluding carboxylic acids is 1. The molecule has 3 N–H and O–H groups in total. The molecule has 1 atom stereocenters. The van der Waals surface area contributed by atoms with Crippen LogP contribution in [0.4, 0.5) is 0 Å². The minimum absolute atomic E-state index is 0.0393. The summed E-state index contributed by atoms with van der Waals surface area (Å²) >= 11 is 0. The van der Waals surface area contributed by atoms with Gasteiger partial charge in [-0.25, -0.2) is 14.6 Å². The van der Waals surface area contributed by atoms with Gasteiger partial charge in [0.15, 0.2) is 5.03 Å². The number of carbonyl (C=O) groups is 1. The summed E-state index contributed by atoms with van der Waals surface area (Å²) in [6.45, 7) is 2.98. The van der Waals surface area contributed by atoms with E-state index < -0.39 is 28.2 Å². The van der Waals surface area contributed by atoms with Crippen molar-refractivity contribution in [3.8, 4) is 11.5 Å². The number of hydroxylamine groups is 2. The number of guanidine groups is 1. The molecule has 1 saturated carbocycles. The van der Waals surface area contributed by atoms with Crippen LogP contribution < -0.4 is 14.7 Å². The van der Waals surface area contributed by atoms with Crippen LogP contribution in [0.15, 0.2) is 59.6 Å². The Labute approximate surface area is 208 Å². The Morgan fingerprint density at radius 1 is 1.17 bits per heavy atom. The molecule has 0 spiro atoms. The van der Waals surface area contributed by atoms with Crippen molar-refractivity contribution < 1.29 is 31.8 Å². The lowest BCUT2D eigenvalue weighted by Gasteiger charge is -2.25. The van der Waals surface area contributed by atoms with E-state index in [4.69, 9.17) is 29.7 Å². The summed E-state index contributed by atoms with van der Waals surface area (Å²) < 4.78 is 37.0. The number of hydrogen-bond donors (Lipinski definition) is 2. The van der Waals surface area contributed by atoms with E-state index in [1.54, 1.807) is 37.3 Å². The lowest BCUT2D eigenvalue weighted by molar-refractivity contribution is -0.323. The van der Waals surface area contributed by atoms with Crippen LogP contribution >= 0.6 is 0 Å². The molecule has 0 amide bonds. The molecule has 4 rings (SSSR count). The number of benzene rings is 2. The van der Waals surface area contributed by atoms with Crippen LogP contribution in [0, 0.1) is 18.3 Å². The number of hydrogen-bond acceptors (Lipinski definition) is 9. The second-order valence-electron chi connectivity index (χ2n) is 8.38. The van der Waals surface area contributed by atoms with E-state index in [2.05, 4.69) is 4.98 Å². The van der Waals surface area contributed by atoms with Crippen molar-refractivity contribution >= 4 is 32.9 Å². The summed E-state index contributed by atoms with van der Waals surface area (Å²) in [7, 11) is -4.19. The highest BCUT2D eigenvalue weighted by Crippen LogP contribution is 2.35. The Morgan fingerprint density at radius 3 is 2.58 bits per heavy atom. The predicted octanol–water partition coefficient (Wildman–Crippen LogP) is 3.07. The molecular formula is C24H26N4O7S. The number of nitrogens with two attached hydrogens (primary N) is 1. The summed E-state index contributed by atoms with van der Waals surface area (Å²) in [5.74, 6) is -0.739. The molecule has 11 nitrogen and oxygen atoms in total. The van der Waals surface area contributed by atoms with Gasteiger partial charge in [-0.1, -0.05) is 18.2 Å². The maximum atomic E-state index is 12.9. The number of pyridine rings is 1. The summed E-state index contributed by atoms with van der Waals surface area (Å²) in [6.07, 6.45) is 1.20. The van der Waals surface area contributed by atoms with E-state index in [1.807, 2.05) is 12.1 Å². The van der Waals surface area contributed by atoms with Gasteiger partial charge in [0, 0.05) is 18.4 Å². The van der Waals surface area contributed by atoms with Crippen molar-refractivity contribution in [2.24, 2.45) is 11.7 Å². The third kappa shape index (κ3) is 6.40. The molecule has 1 heterocycles. The molecule has 1 aliphatic carbocycles. The lowest BCUT2D eigenvalue weighted by atomic mass is 10.2. The number of nitrogens with zero attached hydrogens (tertiary/aromatic N) is 2. The largest absolute Gasteiger partial charge is 0.491 e. The molecule has 190 valence electrons. The molecule has 1 unspecified atom stereocenters. The number of aromatic nitrogens is 1. The Balaban J connectivity index is 1.47. The average molecular weight is 515 g/mol. The minimum atomic E-state index is -4.19. The number of fused-ring (bicyclic) bond motifs is 1. The number of ether oxygens (including phenoxy) is 1. The van der Waals surface area contributed by atoms with Crippen LogP contribution in [-0.4, -0.2) is 43.3 Å². The van der Waals surface area contributed by atoms with Crippen LogP contribution in [-0.2, 0) is 24.6 Å². The fraction of sp³-hybridized carbons (Fsp3) is 0.292. The highest BCUT2D eigenvalue weighted by Gasteiger charge is 2.36. The van der Waals surface area contributed by atoms with E-state index in [9.17, 15) is 13.2 Å². The zero-order valence-corrected chi connectivity index (χ0v) is 20.5. The topological polar surface area (TPSA) is 154 Å². The molecule has 12 heteroatoms. The Hall–Kier alpha value is -3.90. The molecule has 1 aromatic heterocycles. The van der Waals surface area contributed by atoms with Crippen molar-refractivity contribution in [3.63, 3.8) is 0 Å². The Bertz CT molecular complexity index is 1390. The first-order chi connectivity index (χ1) is 17.1. The van der Waals surface area contributed by atoms with Gasteiger partial charge in [0.25, 0.3) is 5.96 Å². The first kappa shape index (κ1) is 25.2. The molecule has 3 aromatic rings. The van der Waals surface area contributed by atoms with Crippen LogP contribution in [0.1, 0.15) is 25.3 Å². The Kier molecular flexibility index (Phi) is 7.27. The van der Waals surface area contributed by atoms with Gasteiger partial charge >= 0.3 is 16.1 Å². The average Bonchev–Trinajstić information content (AvgIpc) is 3.65. The van der Waals surface area contributed by atoms with E-state index in [1.165, 1.54) is 12.1 Å². The monoisotopic (exact) mass is 514 g/mol. The fourth-order valence-electron chi connectivity index (χ4n) is 3.47. The number of para-hydroxylation sites is 1. The standard InChI is InChI=1S/C24H26N4O7S/c1-15-11-19(32-14-22(18-7-8-18)34-28(24(25)26)33-16(2)29)13-20(12-15)35-36(30,31)23-10-9-17-5-3-4-6-21(17)27-23/h3-6,9-13,18,22H,7-8,14H2,1-2H3,(H3,25,26). The van der Waals surface area contributed by atoms with E-state index in [0.29, 0.717) is 22.1 Å². The molecule has 1 fully saturated rings. The van der Waals surface area contributed by atoms with Crippen LogP contribution in [0.25, 0.3) is 10.9 Å². The summed E-state index contributed by atoms with van der Waals surface area (Å²) in [5, 5.41) is 8.70. The second kappa shape index (κ2) is 10.4. The van der Waals surface area contributed by atoms with Crippen LogP contribution in [0.3, 0.4) is 0 Å². The first-order valence-corrected chi connectivity index (χ1v) is 12.6. The SMILES string of the molecule is CC(=O)ON(OC(COc1cc(C)cc(OS(=O)(=O)c2ccc3ccccc3n2)c1)C1CC1)C(=N)N. The molecule has 1 aliphatic rings. The third-order valence-corrected chi connectivity index (χ3v) is 6.41. The molecule has 36 heavy (non-hydrogen) atoms. The maximum absolute atomic E-state index is 12.9. The quantitative estimate of drug-likeness (QED) is 0.188. The van der Waals surface area contributed by atoms with Gasteiger partial charge in [-0.3, -0.25) is 5.41 Å². The van der Waals surface area contributed by atoms with Gasteiger partial charge in [0.2, 0.25) is 0 Å². The van der Waals surface area contributed by atoms with Gasteiger partial charge in [0.1, 0.15) is 24.2 Å². The van der Waals surface area contributed by atoms with Crippen molar-refractivity contribution in [1.82, 2.24) is 10.2 Å². The zero-order chi connectivity index (χ0) is 25.9. The van der Waals surface area contributed by atoms with Crippen LogP contribution in [0.5, 0.6) is 11.5 Å². The van der Waals surface area contributed by atoms with Gasteiger partial charge in [0.05, 0.1) is 5.52 Å². The van der Waals surface area contributed by atoms with E-state index in [0.717, 1.165) is 25.2 Å². The lowest BCUT2D eigenvalue weighted by Crippen LogP contribution is -2.42. The molecule has 0 bridgehead atoms. The Morgan fingerprint density at radius 2 is 1.89 bits per heavy atom. The molecule has 0 saturated heterocycles. The highest BCUT2D eigenvalue weighted by molar-refractivity contribution is 7.87. The van der Waals surface area contributed by atoms with Crippen LogP contribution in [0.2, 0.25) is 0 Å². The molecular weight excluding hydrogens is 488 g/mol. The third-order valence-electron chi connectivity index (χ3n) is 5.26. The van der Waals surface area contributed by atoms with E-state index >= 15 is 0 Å². The second-order valence-corrected chi connectivity index (χ2v) is 9.87. The predicted molar refractivity (Wildman–Crippen MR) is 129 cm³/mol. The fourth-order valence-corrected chi connectivity index (χ4v) is 4.35. The normalized spacial score (nSPS) is 14.2. The molecule has 0 radical (unpaired) electrons. The zero-order valence-electron chi connectivity index (χ0n) is 19.7. The van der Waals surface area contributed by atoms with Gasteiger partial charge in [-0.15, -0.1) is 0 Å². The van der Waals surface area contributed by atoms with Crippen molar-refractivity contribution in [3.05, 3.63) is 60.2 Å².